The minimum atomic E-state index is -1.06. The number of aliphatic hydroxyl groups excluding tert-OH is 1. The largest absolute Gasteiger partial charge is 0.478 e. The number of pyridine rings is 1. The van der Waals surface area contributed by atoms with Gasteiger partial charge in [-0.2, -0.15) is 0 Å². The van der Waals surface area contributed by atoms with Crippen LogP contribution < -0.4 is 5.32 Å². The van der Waals surface area contributed by atoms with Crippen LogP contribution >= 0.6 is 12.4 Å². The average molecular weight is 299 g/mol. The first-order valence-electron chi connectivity index (χ1n) is 5.73. The molecule has 20 heavy (non-hydrogen) atoms. The standard InChI is InChI=1S/C13H14N2O4.ClH/c1-13(2)10(18)8-5-7(3-4-9(16)17)6-14-11(8)15-12(13)19;/h3-6,10,18H,1-2H3,(H,16,17)(H,14,15,19);1H. The minimum absolute atomic E-state index is 0. The third-order valence-corrected chi connectivity index (χ3v) is 3.15. The van der Waals surface area contributed by atoms with Gasteiger partial charge in [-0.15, -0.1) is 12.4 Å². The van der Waals surface area contributed by atoms with E-state index in [1.807, 2.05) is 0 Å². The Bertz CT molecular complexity index is 584. The van der Waals surface area contributed by atoms with Gasteiger partial charge in [0.15, 0.2) is 0 Å². The van der Waals surface area contributed by atoms with Crippen molar-refractivity contribution in [1.82, 2.24) is 4.98 Å². The topological polar surface area (TPSA) is 99.5 Å². The molecule has 1 aliphatic rings. The summed E-state index contributed by atoms with van der Waals surface area (Å²) in [6.07, 6.45) is 2.82. The van der Waals surface area contributed by atoms with E-state index in [2.05, 4.69) is 10.3 Å². The molecule has 0 radical (unpaired) electrons. The molecule has 0 fully saturated rings. The van der Waals surface area contributed by atoms with Crippen molar-refractivity contribution in [3.63, 3.8) is 0 Å². The molecule has 1 aliphatic heterocycles. The van der Waals surface area contributed by atoms with E-state index in [1.54, 1.807) is 19.9 Å². The number of hydrogen-bond donors (Lipinski definition) is 3. The summed E-state index contributed by atoms with van der Waals surface area (Å²) in [6.45, 7) is 3.27. The van der Waals surface area contributed by atoms with Crippen LogP contribution in [0.3, 0.4) is 0 Å². The van der Waals surface area contributed by atoms with E-state index in [-0.39, 0.29) is 18.3 Å². The molecule has 0 saturated carbocycles. The fourth-order valence-corrected chi connectivity index (χ4v) is 1.85. The smallest absolute Gasteiger partial charge is 0.328 e. The SMILES string of the molecule is CC1(C)C(=O)Nc2ncc(C=CC(=O)O)cc2C1O.Cl. The Morgan fingerprint density at radius 3 is 2.75 bits per heavy atom. The average Bonchev–Trinajstić information content (AvgIpc) is 2.35. The molecule has 0 spiro atoms. The van der Waals surface area contributed by atoms with Crippen molar-refractivity contribution in [2.75, 3.05) is 5.32 Å². The summed E-state index contributed by atoms with van der Waals surface area (Å²) in [7, 11) is 0. The van der Waals surface area contributed by atoms with Crippen molar-refractivity contribution in [2.45, 2.75) is 20.0 Å². The van der Waals surface area contributed by atoms with Crippen LogP contribution in [-0.4, -0.2) is 27.1 Å². The zero-order chi connectivity index (χ0) is 14.2. The number of carbonyl (C=O) groups is 2. The van der Waals surface area contributed by atoms with E-state index in [0.717, 1.165) is 6.08 Å². The van der Waals surface area contributed by atoms with Gasteiger partial charge in [0.1, 0.15) is 5.82 Å². The molecule has 3 N–H and O–H groups in total. The first-order chi connectivity index (χ1) is 8.82. The Morgan fingerprint density at radius 2 is 2.15 bits per heavy atom. The Morgan fingerprint density at radius 1 is 1.50 bits per heavy atom. The maximum atomic E-state index is 11.8. The lowest BCUT2D eigenvalue weighted by molar-refractivity contribution is -0.132. The highest BCUT2D eigenvalue weighted by Gasteiger charge is 2.42. The fraction of sp³-hybridized carbons (Fsp3) is 0.308. The molecule has 6 nitrogen and oxygen atoms in total. The number of carbonyl (C=O) groups excluding carboxylic acids is 1. The summed E-state index contributed by atoms with van der Waals surface area (Å²) >= 11 is 0. The molecule has 0 aliphatic carbocycles. The van der Waals surface area contributed by atoms with Gasteiger partial charge in [0.05, 0.1) is 11.5 Å². The highest BCUT2D eigenvalue weighted by Crippen LogP contribution is 2.41. The second kappa shape index (κ2) is 5.60. The molecule has 1 unspecified atom stereocenters. The maximum Gasteiger partial charge on any atom is 0.328 e. The number of anilines is 1. The second-order valence-electron chi connectivity index (χ2n) is 4.96. The van der Waals surface area contributed by atoms with Gasteiger partial charge in [-0.1, -0.05) is 0 Å². The number of halogens is 1. The van der Waals surface area contributed by atoms with E-state index < -0.39 is 17.5 Å². The zero-order valence-corrected chi connectivity index (χ0v) is 11.8. The van der Waals surface area contributed by atoms with Crippen LogP contribution in [-0.2, 0) is 9.59 Å². The summed E-state index contributed by atoms with van der Waals surface area (Å²) in [5.74, 6) is -1.05. The number of nitrogens with zero attached hydrogens (tertiary/aromatic N) is 1. The van der Waals surface area contributed by atoms with Gasteiger partial charge in [0.2, 0.25) is 5.91 Å². The lowest BCUT2D eigenvalue weighted by Gasteiger charge is -2.34. The monoisotopic (exact) mass is 298 g/mol. The normalized spacial score (nSPS) is 19.9. The molecular weight excluding hydrogens is 284 g/mol. The lowest BCUT2D eigenvalue weighted by atomic mass is 9.79. The fourth-order valence-electron chi connectivity index (χ4n) is 1.85. The van der Waals surface area contributed by atoms with Crippen molar-refractivity contribution in [3.8, 4) is 0 Å². The van der Waals surface area contributed by atoms with Crippen LogP contribution in [0.2, 0.25) is 0 Å². The van der Waals surface area contributed by atoms with Gasteiger partial charge in [-0.3, -0.25) is 4.79 Å². The predicted molar refractivity (Wildman–Crippen MR) is 75.5 cm³/mol. The number of rotatable bonds is 2. The van der Waals surface area contributed by atoms with Gasteiger partial charge in [0, 0.05) is 17.8 Å². The number of hydrogen-bond acceptors (Lipinski definition) is 4. The van der Waals surface area contributed by atoms with Crippen LogP contribution in [0.1, 0.15) is 31.1 Å². The third kappa shape index (κ3) is 2.81. The molecule has 1 amide bonds. The summed E-state index contributed by atoms with van der Waals surface area (Å²) < 4.78 is 0. The molecule has 2 heterocycles. The molecule has 0 aromatic carbocycles. The number of amides is 1. The number of carboxylic acids is 1. The van der Waals surface area contributed by atoms with Crippen LogP contribution in [0.25, 0.3) is 6.08 Å². The highest BCUT2D eigenvalue weighted by atomic mass is 35.5. The van der Waals surface area contributed by atoms with Crippen molar-refractivity contribution in [1.29, 1.82) is 0 Å². The highest BCUT2D eigenvalue weighted by molar-refractivity contribution is 5.97. The van der Waals surface area contributed by atoms with Crippen LogP contribution in [0.15, 0.2) is 18.3 Å². The first-order valence-corrected chi connectivity index (χ1v) is 5.73. The van der Waals surface area contributed by atoms with Crippen LogP contribution in [0.5, 0.6) is 0 Å². The molecule has 1 aromatic rings. The molecule has 7 heteroatoms. The maximum absolute atomic E-state index is 11.8. The Labute approximate surface area is 121 Å². The second-order valence-corrected chi connectivity index (χ2v) is 4.96. The van der Waals surface area contributed by atoms with Gasteiger partial charge >= 0.3 is 5.97 Å². The summed E-state index contributed by atoms with van der Waals surface area (Å²) in [4.78, 5) is 26.3. The van der Waals surface area contributed by atoms with Crippen LogP contribution in [0, 0.1) is 5.41 Å². The van der Waals surface area contributed by atoms with Crippen LogP contribution in [0.4, 0.5) is 5.82 Å². The molecule has 108 valence electrons. The Hall–Kier alpha value is -1.92. The Kier molecular flexibility index (Phi) is 4.52. The quantitative estimate of drug-likeness (QED) is 0.720. The summed E-state index contributed by atoms with van der Waals surface area (Å²) in [6, 6.07) is 1.62. The predicted octanol–water partition coefficient (Wildman–Crippen LogP) is 1.61. The van der Waals surface area contributed by atoms with E-state index in [9.17, 15) is 14.7 Å². The van der Waals surface area contributed by atoms with Crippen molar-refractivity contribution >= 4 is 36.2 Å². The van der Waals surface area contributed by atoms with Crippen molar-refractivity contribution in [3.05, 3.63) is 29.5 Å². The Balaban J connectivity index is 0.00000200. The van der Waals surface area contributed by atoms with Crippen molar-refractivity contribution < 1.29 is 19.8 Å². The van der Waals surface area contributed by atoms with Gasteiger partial charge in [0.25, 0.3) is 0 Å². The van der Waals surface area contributed by atoms with Gasteiger partial charge in [-0.05, 0) is 31.6 Å². The van der Waals surface area contributed by atoms with Crippen molar-refractivity contribution in [2.24, 2.45) is 5.41 Å². The molecular formula is C13H15ClN2O4. The number of fused-ring (bicyclic) bond motifs is 1. The lowest BCUT2D eigenvalue weighted by Crippen LogP contribution is -2.41. The van der Waals surface area contributed by atoms with Gasteiger partial charge in [-0.25, -0.2) is 9.78 Å². The third-order valence-electron chi connectivity index (χ3n) is 3.15. The summed E-state index contributed by atoms with van der Waals surface area (Å²) in [5, 5.41) is 21.4. The van der Waals surface area contributed by atoms with E-state index in [0.29, 0.717) is 16.9 Å². The number of carboxylic acid groups (broad SMARTS) is 1. The molecule has 2 rings (SSSR count). The number of aliphatic hydroxyl groups is 1. The van der Waals surface area contributed by atoms with E-state index in [1.165, 1.54) is 12.3 Å². The zero-order valence-electron chi connectivity index (χ0n) is 11.0. The molecule has 1 aromatic heterocycles. The minimum Gasteiger partial charge on any atom is -0.478 e. The number of aromatic nitrogens is 1. The van der Waals surface area contributed by atoms with Gasteiger partial charge < -0.3 is 15.5 Å². The first kappa shape index (κ1) is 16.1. The number of aliphatic carboxylic acids is 1. The summed E-state index contributed by atoms with van der Waals surface area (Å²) in [5.41, 5.74) is 0.0772. The molecule has 0 bridgehead atoms. The van der Waals surface area contributed by atoms with E-state index >= 15 is 0 Å². The van der Waals surface area contributed by atoms with E-state index in [4.69, 9.17) is 5.11 Å². The molecule has 0 saturated heterocycles. The molecule has 1 atom stereocenters. The number of nitrogens with one attached hydrogen (secondary N) is 1.